The molecular formula is C10H23NO2Si. The van der Waals surface area contributed by atoms with E-state index in [4.69, 9.17) is 9.47 Å². The second kappa shape index (κ2) is 7.40. The van der Waals surface area contributed by atoms with Gasteiger partial charge < -0.3 is 14.4 Å². The number of methoxy groups -OCH3 is 2. The third-order valence-corrected chi connectivity index (χ3v) is 4.93. The number of hydrogen-bond acceptors (Lipinski definition) is 3. The predicted octanol–water partition coefficient (Wildman–Crippen LogP) is 0.565. The zero-order valence-electron chi connectivity index (χ0n) is 9.50. The highest BCUT2D eigenvalue weighted by atomic mass is 28.2. The average molecular weight is 217 g/mol. The molecule has 0 spiro atoms. The monoisotopic (exact) mass is 217 g/mol. The Morgan fingerprint density at radius 3 is 2.14 bits per heavy atom. The van der Waals surface area contributed by atoms with Crippen molar-refractivity contribution in [3.8, 4) is 0 Å². The van der Waals surface area contributed by atoms with Crippen LogP contribution in [0.3, 0.4) is 0 Å². The molecule has 3 nitrogen and oxygen atoms in total. The van der Waals surface area contributed by atoms with Crippen molar-refractivity contribution in [3.63, 3.8) is 0 Å². The van der Waals surface area contributed by atoms with Gasteiger partial charge in [-0.2, -0.15) is 0 Å². The Bertz CT molecular complexity index is 134. The van der Waals surface area contributed by atoms with Crippen LogP contribution < -0.4 is 0 Å². The Morgan fingerprint density at radius 2 is 1.64 bits per heavy atom. The summed E-state index contributed by atoms with van der Waals surface area (Å²) in [5.41, 5.74) is 0. The number of ether oxygens (including phenoxy) is 2. The van der Waals surface area contributed by atoms with Crippen LogP contribution in [0.2, 0.25) is 0 Å². The minimum absolute atomic E-state index is 0.109. The van der Waals surface area contributed by atoms with Crippen LogP contribution in [0.4, 0.5) is 0 Å². The maximum absolute atomic E-state index is 5.23. The van der Waals surface area contributed by atoms with Crippen molar-refractivity contribution in [1.29, 1.82) is 0 Å². The zero-order chi connectivity index (χ0) is 10.2. The summed E-state index contributed by atoms with van der Waals surface area (Å²) in [5.74, 6) is 0.109. The van der Waals surface area contributed by atoms with Crippen molar-refractivity contribution in [2.24, 2.45) is 0 Å². The largest absolute Gasteiger partial charge is 0.360 e. The van der Waals surface area contributed by atoms with Gasteiger partial charge in [0.15, 0.2) is 0 Å². The Hall–Kier alpha value is 0.0969. The highest BCUT2D eigenvalue weighted by molar-refractivity contribution is 6.36. The zero-order valence-corrected chi connectivity index (χ0v) is 10.9. The lowest BCUT2D eigenvalue weighted by Crippen LogP contribution is -2.35. The molecule has 1 fully saturated rings. The molecule has 1 heterocycles. The van der Waals surface area contributed by atoms with Crippen LogP contribution in [0, 0.1) is 0 Å². The van der Waals surface area contributed by atoms with Gasteiger partial charge in [-0.25, -0.2) is 0 Å². The standard InChI is InChI=1S/C10H23NO2Si/c1-12-10(13-2)14-9-11-7-5-3-4-6-8-11/h10H,3-9,14H2,1-2H3. The molecule has 4 heteroatoms. The van der Waals surface area contributed by atoms with Crippen LogP contribution >= 0.6 is 0 Å². The molecule has 1 aliphatic rings. The van der Waals surface area contributed by atoms with E-state index in [1.54, 1.807) is 14.2 Å². The molecule has 1 saturated heterocycles. The van der Waals surface area contributed by atoms with Gasteiger partial charge in [0.2, 0.25) is 0 Å². The van der Waals surface area contributed by atoms with Crippen molar-refractivity contribution >= 4 is 9.52 Å². The predicted molar refractivity (Wildman–Crippen MR) is 61.3 cm³/mol. The fraction of sp³-hybridized carbons (Fsp3) is 1.00. The van der Waals surface area contributed by atoms with E-state index in [0.717, 1.165) is 0 Å². The molecule has 0 aliphatic carbocycles. The number of hydrogen-bond donors (Lipinski definition) is 0. The fourth-order valence-corrected chi connectivity index (χ4v) is 3.47. The second-order valence-electron chi connectivity index (χ2n) is 3.95. The van der Waals surface area contributed by atoms with Crippen molar-refractivity contribution in [2.75, 3.05) is 33.5 Å². The van der Waals surface area contributed by atoms with Gasteiger partial charge in [0.1, 0.15) is 15.4 Å². The number of nitrogens with zero attached hydrogens (tertiary/aromatic N) is 1. The van der Waals surface area contributed by atoms with Crippen molar-refractivity contribution < 1.29 is 9.47 Å². The van der Waals surface area contributed by atoms with Crippen molar-refractivity contribution in [2.45, 2.75) is 31.6 Å². The Balaban J connectivity index is 2.14. The topological polar surface area (TPSA) is 21.7 Å². The normalized spacial score (nSPS) is 20.8. The van der Waals surface area contributed by atoms with Gasteiger partial charge in [-0.15, -0.1) is 0 Å². The van der Waals surface area contributed by atoms with Crippen LogP contribution in [0.1, 0.15) is 25.7 Å². The minimum Gasteiger partial charge on any atom is -0.360 e. The van der Waals surface area contributed by atoms with Crippen LogP contribution in [0.25, 0.3) is 0 Å². The molecule has 84 valence electrons. The van der Waals surface area contributed by atoms with E-state index >= 15 is 0 Å². The summed E-state index contributed by atoms with van der Waals surface area (Å²) in [6, 6.07) is 0. The lowest BCUT2D eigenvalue weighted by molar-refractivity contribution is -0.0448. The van der Waals surface area contributed by atoms with Gasteiger partial charge in [0, 0.05) is 14.2 Å². The first-order valence-corrected chi connectivity index (χ1v) is 7.46. The summed E-state index contributed by atoms with van der Waals surface area (Å²) in [6.07, 6.45) is 6.82. The first-order valence-electron chi connectivity index (χ1n) is 5.64. The van der Waals surface area contributed by atoms with Gasteiger partial charge in [0.05, 0.1) is 0 Å². The average Bonchev–Trinajstić information content (AvgIpc) is 2.48. The van der Waals surface area contributed by atoms with E-state index in [1.165, 1.54) is 44.9 Å². The van der Waals surface area contributed by atoms with E-state index in [-0.39, 0.29) is 15.4 Å². The van der Waals surface area contributed by atoms with Crippen molar-refractivity contribution in [3.05, 3.63) is 0 Å². The smallest absolute Gasteiger partial charge is 0.135 e. The fourth-order valence-electron chi connectivity index (χ4n) is 1.98. The Morgan fingerprint density at radius 1 is 1.07 bits per heavy atom. The lowest BCUT2D eigenvalue weighted by Gasteiger charge is -2.21. The summed E-state index contributed by atoms with van der Waals surface area (Å²) in [7, 11) is 3.23. The van der Waals surface area contributed by atoms with Gasteiger partial charge in [-0.3, -0.25) is 0 Å². The summed E-state index contributed by atoms with van der Waals surface area (Å²) >= 11 is 0. The molecular weight excluding hydrogens is 194 g/mol. The summed E-state index contributed by atoms with van der Waals surface area (Å²) < 4.78 is 10.5. The SMILES string of the molecule is COC(OC)[SiH2]CN1CCCCCC1. The number of likely N-dealkylation sites (tertiary alicyclic amines) is 1. The van der Waals surface area contributed by atoms with Gasteiger partial charge in [-0.05, 0) is 32.1 Å². The highest BCUT2D eigenvalue weighted by Gasteiger charge is 2.12. The molecule has 0 aromatic rings. The summed E-state index contributed by atoms with van der Waals surface area (Å²) in [6.45, 7) is 2.57. The summed E-state index contributed by atoms with van der Waals surface area (Å²) in [5, 5.41) is 0. The van der Waals surface area contributed by atoms with Crippen molar-refractivity contribution in [1.82, 2.24) is 4.90 Å². The molecule has 0 aromatic heterocycles. The van der Waals surface area contributed by atoms with E-state index < -0.39 is 0 Å². The third kappa shape index (κ3) is 4.55. The van der Waals surface area contributed by atoms with Gasteiger partial charge in [-0.1, -0.05) is 12.8 Å². The second-order valence-corrected chi connectivity index (χ2v) is 5.64. The van der Waals surface area contributed by atoms with E-state index in [0.29, 0.717) is 0 Å². The molecule has 1 rings (SSSR count). The highest BCUT2D eigenvalue weighted by Crippen LogP contribution is 2.08. The third-order valence-electron chi connectivity index (χ3n) is 2.91. The Kier molecular flexibility index (Phi) is 6.43. The quantitative estimate of drug-likeness (QED) is 0.496. The molecule has 0 bridgehead atoms. The van der Waals surface area contributed by atoms with Gasteiger partial charge in [0.25, 0.3) is 0 Å². The van der Waals surface area contributed by atoms with Crippen LogP contribution in [-0.2, 0) is 9.47 Å². The van der Waals surface area contributed by atoms with E-state index in [2.05, 4.69) is 4.90 Å². The molecule has 0 atom stereocenters. The summed E-state index contributed by atoms with van der Waals surface area (Å²) in [4.78, 5) is 2.59. The minimum atomic E-state index is -0.254. The maximum Gasteiger partial charge on any atom is 0.135 e. The number of rotatable bonds is 5. The molecule has 0 amide bonds. The maximum atomic E-state index is 5.23. The first kappa shape index (κ1) is 12.2. The van der Waals surface area contributed by atoms with Gasteiger partial charge >= 0.3 is 0 Å². The molecule has 0 radical (unpaired) electrons. The molecule has 0 unspecified atom stereocenters. The van der Waals surface area contributed by atoms with E-state index in [9.17, 15) is 0 Å². The van der Waals surface area contributed by atoms with Crippen LogP contribution in [0.5, 0.6) is 0 Å². The van der Waals surface area contributed by atoms with E-state index in [1.807, 2.05) is 0 Å². The van der Waals surface area contributed by atoms with Crippen LogP contribution in [-0.4, -0.2) is 53.8 Å². The first-order chi connectivity index (χ1) is 6.86. The lowest BCUT2D eigenvalue weighted by atomic mass is 10.2. The molecule has 1 aliphatic heterocycles. The molecule has 0 N–H and O–H groups in total. The Labute approximate surface area is 89.6 Å². The van der Waals surface area contributed by atoms with Crippen LogP contribution in [0.15, 0.2) is 0 Å². The molecule has 0 aromatic carbocycles. The molecule has 14 heavy (non-hydrogen) atoms. The molecule has 0 saturated carbocycles.